The van der Waals surface area contributed by atoms with Crippen molar-refractivity contribution in [2.45, 2.75) is 19.3 Å². The summed E-state index contributed by atoms with van der Waals surface area (Å²) in [6.45, 7) is 1.61. The van der Waals surface area contributed by atoms with Gasteiger partial charge in [-0.15, -0.1) is 11.6 Å². The van der Waals surface area contributed by atoms with Crippen LogP contribution in [0.4, 0.5) is 0 Å². The van der Waals surface area contributed by atoms with Gasteiger partial charge in [0.05, 0.1) is 0 Å². The van der Waals surface area contributed by atoms with Gasteiger partial charge < -0.3 is 4.74 Å². The molecule has 0 N–H and O–H groups in total. The van der Waals surface area contributed by atoms with Crippen molar-refractivity contribution in [3.63, 3.8) is 0 Å². The van der Waals surface area contributed by atoms with Crippen molar-refractivity contribution in [1.29, 1.82) is 0 Å². The summed E-state index contributed by atoms with van der Waals surface area (Å²) in [6, 6.07) is 6.05. The molecule has 1 fully saturated rings. The van der Waals surface area contributed by atoms with E-state index in [0.717, 1.165) is 42.0 Å². The van der Waals surface area contributed by atoms with E-state index in [1.165, 1.54) is 5.56 Å². The van der Waals surface area contributed by atoms with Gasteiger partial charge >= 0.3 is 0 Å². The maximum Gasteiger partial charge on any atom is 0.0471 e. The fourth-order valence-corrected chi connectivity index (χ4v) is 3.33. The summed E-state index contributed by atoms with van der Waals surface area (Å²) in [5.74, 6) is 0.669. The van der Waals surface area contributed by atoms with Crippen molar-refractivity contribution < 1.29 is 4.74 Å². The molecule has 94 valence electrons. The molecule has 17 heavy (non-hydrogen) atoms. The normalized spacial score (nSPS) is 19.2. The van der Waals surface area contributed by atoms with E-state index in [4.69, 9.17) is 27.9 Å². The molecule has 1 aromatic rings. The molecule has 1 heterocycles. The Morgan fingerprint density at radius 3 is 2.59 bits per heavy atom. The first-order chi connectivity index (χ1) is 8.15. The molecule has 1 saturated heterocycles. The molecule has 1 nitrogen and oxygen atoms in total. The van der Waals surface area contributed by atoms with Gasteiger partial charge in [-0.2, -0.15) is 0 Å². The van der Waals surface area contributed by atoms with Gasteiger partial charge in [0, 0.05) is 28.6 Å². The molecule has 0 unspecified atom stereocenters. The van der Waals surface area contributed by atoms with Gasteiger partial charge in [-0.3, -0.25) is 0 Å². The molecule has 2 rings (SSSR count). The Bertz CT molecular complexity index is 389. The van der Waals surface area contributed by atoms with Gasteiger partial charge in [-0.25, -0.2) is 0 Å². The highest BCUT2D eigenvalue weighted by Crippen LogP contribution is 2.37. The number of benzene rings is 1. The predicted molar refractivity (Wildman–Crippen MR) is 76.1 cm³/mol. The second kappa shape index (κ2) is 5.92. The third kappa shape index (κ3) is 3.37. The van der Waals surface area contributed by atoms with Crippen LogP contribution in [0.25, 0.3) is 0 Å². The van der Waals surface area contributed by atoms with Crippen LogP contribution in [0.5, 0.6) is 0 Å². The van der Waals surface area contributed by atoms with Gasteiger partial charge in [-0.1, -0.05) is 33.6 Å². The van der Waals surface area contributed by atoms with Crippen LogP contribution in [0.15, 0.2) is 22.7 Å². The zero-order valence-corrected chi connectivity index (χ0v) is 12.6. The van der Waals surface area contributed by atoms with E-state index in [0.29, 0.717) is 5.88 Å². The number of hydrogen-bond donors (Lipinski definition) is 0. The highest BCUT2D eigenvalue weighted by atomic mass is 79.9. The SMILES string of the molecule is ClCC1(Cc2ccc(Br)cc2Cl)CCOCC1. The van der Waals surface area contributed by atoms with E-state index in [1.54, 1.807) is 0 Å². The quantitative estimate of drug-likeness (QED) is 0.727. The second-order valence-corrected chi connectivity index (χ2v) is 6.25. The predicted octanol–water partition coefficient (Wildman–Crippen LogP) is 4.68. The summed E-state index contributed by atoms with van der Waals surface area (Å²) < 4.78 is 6.43. The lowest BCUT2D eigenvalue weighted by Crippen LogP contribution is -2.33. The molecule has 0 bridgehead atoms. The minimum atomic E-state index is 0.150. The van der Waals surface area contributed by atoms with Gasteiger partial charge in [0.1, 0.15) is 0 Å². The van der Waals surface area contributed by atoms with Gasteiger partial charge in [0.2, 0.25) is 0 Å². The lowest BCUT2D eigenvalue weighted by molar-refractivity contribution is 0.0258. The molecule has 0 amide bonds. The Morgan fingerprint density at radius 1 is 1.29 bits per heavy atom. The molecule has 0 saturated carbocycles. The standard InChI is InChI=1S/C13H15BrCl2O/c14-11-2-1-10(12(16)7-11)8-13(9-15)3-5-17-6-4-13/h1-2,7H,3-6,8-9H2. The fourth-order valence-electron chi connectivity index (χ4n) is 2.23. The first-order valence-corrected chi connectivity index (χ1v) is 7.43. The maximum absolute atomic E-state index is 6.26. The smallest absolute Gasteiger partial charge is 0.0471 e. The summed E-state index contributed by atoms with van der Waals surface area (Å²) in [7, 11) is 0. The monoisotopic (exact) mass is 336 g/mol. The highest BCUT2D eigenvalue weighted by molar-refractivity contribution is 9.10. The minimum Gasteiger partial charge on any atom is -0.381 e. The van der Waals surface area contributed by atoms with Crippen LogP contribution < -0.4 is 0 Å². The largest absolute Gasteiger partial charge is 0.381 e. The Hall–Kier alpha value is 0.240. The fraction of sp³-hybridized carbons (Fsp3) is 0.538. The molecule has 0 atom stereocenters. The van der Waals surface area contributed by atoms with Gasteiger partial charge in [0.25, 0.3) is 0 Å². The van der Waals surface area contributed by atoms with Crippen molar-refractivity contribution >= 4 is 39.1 Å². The van der Waals surface area contributed by atoms with Crippen LogP contribution >= 0.6 is 39.1 Å². The van der Waals surface area contributed by atoms with Crippen LogP contribution in [0.3, 0.4) is 0 Å². The van der Waals surface area contributed by atoms with Gasteiger partial charge in [0.15, 0.2) is 0 Å². The molecule has 0 spiro atoms. The van der Waals surface area contributed by atoms with Crippen LogP contribution in [0.1, 0.15) is 18.4 Å². The lowest BCUT2D eigenvalue weighted by atomic mass is 9.77. The van der Waals surface area contributed by atoms with Crippen LogP contribution in [-0.4, -0.2) is 19.1 Å². The summed E-state index contributed by atoms with van der Waals surface area (Å²) in [5.41, 5.74) is 1.33. The summed E-state index contributed by atoms with van der Waals surface area (Å²) in [4.78, 5) is 0. The molecule has 1 aliphatic heterocycles. The average molecular weight is 338 g/mol. The maximum atomic E-state index is 6.26. The van der Waals surface area contributed by atoms with Crippen LogP contribution in [0, 0.1) is 5.41 Å². The molecule has 0 radical (unpaired) electrons. The van der Waals surface area contributed by atoms with Crippen LogP contribution in [-0.2, 0) is 11.2 Å². The summed E-state index contributed by atoms with van der Waals surface area (Å²) >= 11 is 15.8. The third-order valence-corrected chi connectivity index (χ3v) is 4.83. The molecule has 4 heteroatoms. The van der Waals surface area contributed by atoms with Gasteiger partial charge in [-0.05, 0) is 42.4 Å². The molecule has 0 aromatic heterocycles. The number of halogens is 3. The molecular formula is C13H15BrCl2O. The van der Waals surface area contributed by atoms with Crippen molar-refractivity contribution in [2.75, 3.05) is 19.1 Å². The van der Waals surface area contributed by atoms with Crippen molar-refractivity contribution in [3.8, 4) is 0 Å². The number of ether oxygens (including phenoxy) is 1. The topological polar surface area (TPSA) is 9.23 Å². The highest BCUT2D eigenvalue weighted by Gasteiger charge is 2.32. The van der Waals surface area contributed by atoms with Crippen molar-refractivity contribution in [1.82, 2.24) is 0 Å². The molecule has 0 aliphatic carbocycles. The Labute approximate surface area is 121 Å². The van der Waals surface area contributed by atoms with Crippen LogP contribution in [0.2, 0.25) is 5.02 Å². The van der Waals surface area contributed by atoms with E-state index < -0.39 is 0 Å². The number of hydrogen-bond acceptors (Lipinski definition) is 1. The van der Waals surface area contributed by atoms with Crippen molar-refractivity contribution in [3.05, 3.63) is 33.3 Å². The zero-order valence-electron chi connectivity index (χ0n) is 9.52. The van der Waals surface area contributed by atoms with E-state index in [-0.39, 0.29) is 5.41 Å². The average Bonchev–Trinajstić information content (AvgIpc) is 2.34. The first kappa shape index (κ1) is 13.7. The second-order valence-electron chi connectivity index (χ2n) is 4.66. The minimum absolute atomic E-state index is 0.150. The van der Waals surface area contributed by atoms with E-state index in [2.05, 4.69) is 22.0 Å². The Balaban J connectivity index is 2.17. The summed E-state index contributed by atoms with van der Waals surface area (Å²) in [6.07, 6.45) is 2.97. The van der Waals surface area contributed by atoms with Crippen molar-refractivity contribution in [2.24, 2.45) is 5.41 Å². The summed E-state index contributed by atoms with van der Waals surface area (Å²) in [5, 5.41) is 0.815. The number of alkyl halides is 1. The molecule has 1 aromatic carbocycles. The Kier molecular flexibility index (Phi) is 4.76. The van der Waals surface area contributed by atoms with E-state index in [1.807, 2.05) is 12.1 Å². The lowest BCUT2D eigenvalue weighted by Gasteiger charge is -2.35. The van der Waals surface area contributed by atoms with E-state index >= 15 is 0 Å². The number of rotatable bonds is 3. The molecule has 1 aliphatic rings. The molecular weight excluding hydrogens is 323 g/mol. The first-order valence-electron chi connectivity index (χ1n) is 5.73. The van der Waals surface area contributed by atoms with E-state index in [9.17, 15) is 0 Å². The zero-order chi connectivity index (χ0) is 12.3. The Morgan fingerprint density at radius 2 is 2.00 bits per heavy atom. The third-order valence-electron chi connectivity index (χ3n) is 3.42.